The Morgan fingerprint density at radius 2 is 1.91 bits per heavy atom. The lowest BCUT2D eigenvalue weighted by Crippen LogP contribution is -2.46. The average Bonchev–Trinajstić information content (AvgIpc) is 1.80. The van der Waals surface area contributed by atoms with Crippen LogP contribution in [0.3, 0.4) is 0 Å². The third-order valence-electron chi connectivity index (χ3n) is 2.99. The van der Waals surface area contributed by atoms with Crippen LogP contribution in [0.2, 0.25) is 0 Å². The predicted molar refractivity (Wildman–Crippen MR) is 43.3 cm³/mol. The van der Waals surface area contributed by atoms with Crippen LogP contribution in [0.4, 0.5) is 0 Å². The zero-order chi connectivity index (χ0) is 8.70. The topological polar surface area (TPSA) is 37.3 Å². The predicted octanol–water partition coefficient (Wildman–Crippen LogP) is 1.52. The molecule has 1 saturated carbocycles. The zero-order valence-corrected chi connectivity index (χ0v) is 7.48. The van der Waals surface area contributed by atoms with Crippen LogP contribution < -0.4 is 0 Å². The second-order valence-corrected chi connectivity index (χ2v) is 4.37. The Labute approximate surface area is 67.6 Å². The number of carbonyl (C=O) groups excluding carboxylic acids is 1. The van der Waals surface area contributed by atoms with Gasteiger partial charge in [0.15, 0.2) is 0 Å². The molecule has 0 aromatic heterocycles. The lowest BCUT2D eigenvalue weighted by Gasteiger charge is -2.43. The summed E-state index contributed by atoms with van der Waals surface area (Å²) in [4.78, 5) is 11.1. The Morgan fingerprint density at radius 1 is 1.36 bits per heavy atom. The van der Waals surface area contributed by atoms with E-state index in [1.807, 2.05) is 20.8 Å². The van der Waals surface area contributed by atoms with Crippen LogP contribution in [0, 0.1) is 5.41 Å². The van der Waals surface area contributed by atoms with Crippen LogP contribution in [0.15, 0.2) is 0 Å². The van der Waals surface area contributed by atoms with Crippen molar-refractivity contribution in [1.29, 1.82) is 0 Å². The molecule has 0 aromatic rings. The molecule has 1 rings (SSSR count). The first-order valence-corrected chi connectivity index (χ1v) is 4.09. The van der Waals surface area contributed by atoms with E-state index in [0.29, 0.717) is 19.3 Å². The standard InChI is InChI=1S/C9H16O2/c1-8(2)6-7(10)4-5-9(8,3)11/h11H,4-6H2,1-3H3/t9-/m1/s1. The average molecular weight is 156 g/mol. The number of Topliss-reactive ketones (excluding diaryl/α,β-unsaturated/α-hetero) is 1. The summed E-state index contributed by atoms with van der Waals surface area (Å²) in [6.07, 6.45) is 1.66. The van der Waals surface area contributed by atoms with Crippen molar-refractivity contribution in [3.63, 3.8) is 0 Å². The molecule has 11 heavy (non-hydrogen) atoms. The summed E-state index contributed by atoms with van der Waals surface area (Å²) in [6, 6.07) is 0. The fourth-order valence-corrected chi connectivity index (χ4v) is 1.49. The van der Waals surface area contributed by atoms with E-state index in [1.54, 1.807) is 0 Å². The summed E-state index contributed by atoms with van der Waals surface area (Å²) in [7, 11) is 0. The number of rotatable bonds is 0. The molecular weight excluding hydrogens is 140 g/mol. The summed E-state index contributed by atoms with van der Waals surface area (Å²) in [5, 5.41) is 9.87. The van der Waals surface area contributed by atoms with Gasteiger partial charge in [-0.2, -0.15) is 0 Å². The van der Waals surface area contributed by atoms with Crippen molar-refractivity contribution in [2.24, 2.45) is 5.41 Å². The van der Waals surface area contributed by atoms with Crippen LogP contribution in [-0.4, -0.2) is 16.5 Å². The van der Waals surface area contributed by atoms with Gasteiger partial charge in [-0.3, -0.25) is 4.79 Å². The lowest BCUT2D eigenvalue weighted by atomic mass is 9.66. The Morgan fingerprint density at radius 3 is 2.27 bits per heavy atom. The molecule has 2 heteroatoms. The van der Waals surface area contributed by atoms with Crippen molar-refractivity contribution in [2.45, 2.75) is 45.6 Å². The number of aliphatic hydroxyl groups is 1. The summed E-state index contributed by atoms with van der Waals surface area (Å²) >= 11 is 0. The minimum atomic E-state index is -0.666. The smallest absolute Gasteiger partial charge is 0.133 e. The molecule has 1 aliphatic carbocycles. The van der Waals surface area contributed by atoms with Gasteiger partial charge in [0.1, 0.15) is 5.78 Å². The fraction of sp³-hybridized carbons (Fsp3) is 0.889. The third-order valence-corrected chi connectivity index (χ3v) is 2.99. The van der Waals surface area contributed by atoms with Crippen LogP contribution in [-0.2, 0) is 4.79 Å². The van der Waals surface area contributed by atoms with E-state index in [1.165, 1.54) is 0 Å². The van der Waals surface area contributed by atoms with Gasteiger partial charge in [-0.1, -0.05) is 13.8 Å². The van der Waals surface area contributed by atoms with E-state index < -0.39 is 5.60 Å². The molecule has 0 spiro atoms. The van der Waals surface area contributed by atoms with E-state index in [0.717, 1.165) is 0 Å². The van der Waals surface area contributed by atoms with Gasteiger partial charge in [0.2, 0.25) is 0 Å². The van der Waals surface area contributed by atoms with Crippen molar-refractivity contribution in [3.05, 3.63) is 0 Å². The summed E-state index contributed by atoms with van der Waals surface area (Å²) in [6.45, 7) is 5.72. The Hall–Kier alpha value is -0.370. The minimum absolute atomic E-state index is 0.248. The van der Waals surface area contributed by atoms with Gasteiger partial charge in [-0.05, 0) is 13.3 Å². The molecular formula is C9H16O2. The molecule has 0 unspecified atom stereocenters. The molecule has 2 nitrogen and oxygen atoms in total. The van der Waals surface area contributed by atoms with Crippen molar-refractivity contribution in [3.8, 4) is 0 Å². The highest BCUT2D eigenvalue weighted by Crippen LogP contribution is 2.41. The quantitative estimate of drug-likeness (QED) is 0.577. The van der Waals surface area contributed by atoms with E-state index >= 15 is 0 Å². The molecule has 0 heterocycles. The van der Waals surface area contributed by atoms with E-state index in [-0.39, 0.29) is 11.2 Å². The molecule has 1 fully saturated rings. The third kappa shape index (κ3) is 1.45. The first-order chi connectivity index (χ1) is 4.85. The fourth-order valence-electron chi connectivity index (χ4n) is 1.49. The van der Waals surface area contributed by atoms with Crippen molar-refractivity contribution >= 4 is 5.78 Å². The molecule has 1 atom stereocenters. The normalized spacial score (nSPS) is 37.3. The Bertz CT molecular complexity index is 180. The van der Waals surface area contributed by atoms with E-state index in [2.05, 4.69) is 0 Å². The zero-order valence-electron chi connectivity index (χ0n) is 7.48. The SMILES string of the molecule is CC1(C)CC(=O)CC[C@@]1(C)O. The Kier molecular flexibility index (Phi) is 1.83. The lowest BCUT2D eigenvalue weighted by molar-refractivity contribution is -0.138. The number of hydrogen-bond donors (Lipinski definition) is 1. The van der Waals surface area contributed by atoms with Gasteiger partial charge in [-0.25, -0.2) is 0 Å². The maximum absolute atomic E-state index is 11.1. The van der Waals surface area contributed by atoms with Gasteiger partial charge in [0.05, 0.1) is 5.60 Å². The highest BCUT2D eigenvalue weighted by atomic mass is 16.3. The molecule has 0 bridgehead atoms. The van der Waals surface area contributed by atoms with Gasteiger partial charge in [0, 0.05) is 18.3 Å². The highest BCUT2D eigenvalue weighted by Gasteiger charge is 2.43. The summed E-state index contributed by atoms with van der Waals surface area (Å²) < 4.78 is 0. The van der Waals surface area contributed by atoms with Crippen molar-refractivity contribution in [1.82, 2.24) is 0 Å². The monoisotopic (exact) mass is 156 g/mol. The minimum Gasteiger partial charge on any atom is -0.390 e. The molecule has 0 aliphatic heterocycles. The van der Waals surface area contributed by atoms with Crippen molar-refractivity contribution in [2.75, 3.05) is 0 Å². The van der Waals surface area contributed by atoms with Crippen molar-refractivity contribution < 1.29 is 9.90 Å². The van der Waals surface area contributed by atoms with Crippen LogP contribution in [0.25, 0.3) is 0 Å². The van der Waals surface area contributed by atoms with Gasteiger partial charge < -0.3 is 5.11 Å². The molecule has 0 aromatic carbocycles. The number of hydrogen-bond acceptors (Lipinski definition) is 2. The van der Waals surface area contributed by atoms with E-state index in [4.69, 9.17) is 0 Å². The van der Waals surface area contributed by atoms with Gasteiger partial charge in [0.25, 0.3) is 0 Å². The number of carbonyl (C=O) groups is 1. The summed E-state index contributed by atoms with van der Waals surface area (Å²) in [5.41, 5.74) is -0.913. The number of ketones is 1. The molecule has 1 aliphatic rings. The second-order valence-electron chi connectivity index (χ2n) is 4.37. The van der Waals surface area contributed by atoms with E-state index in [9.17, 15) is 9.90 Å². The highest BCUT2D eigenvalue weighted by molar-refractivity contribution is 5.80. The van der Waals surface area contributed by atoms with Crippen LogP contribution in [0.1, 0.15) is 40.0 Å². The van der Waals surface area contributed by atoms with Crippen LogP contribution in [0.5, 0.6) is 0 Å². The maximum atomic E-state index is 11.1. The molecule has 0 radical (unpaired) electrons. The van der Waals surface area contributed by atoms with Gasteiger partial charge in [-0.15, -0.1) is 0 Å². The maximum Gasteiger partial charge on any atom is 0.133 e. The largest absolute Gasteiger partial charge is 0.390 e. The molecule has 1 N–H and O–H groups in total. The first kappa shape index (κ1) is 8.72. The van der Waals surface area contributed by atoms with Gasteiger partial charge >= 0.3 is 0 Å². The molecule has 0 amide bonds. The molecule has 64 valence electrons. The molecule has 0 saturated heterocycles. The summed E-state index contributed by atoms with van der Waals surface area (Å²) in [5.74, 6) is 0.279. The van der Waals surface area contributed by atoms with Crippen LogP contribution >= 0.6 is 0 Å². The Balaban J connectivity index is 2.80. The second kappa shape index (κ2) is 2.31. The first-order valence-electron chi connectivity index (χ1n) is 4.09.